The molecule has 1 rings (SSSR count). The van der Waals surface area contributed by atoms with Crippen molar-refractivity contribution in [1.82, 2.24) is 5.32 Å². The number of rotatable bonds is 0. The molecule has 6 heavy (non-hydrogen) atoms. The van der Waals surface area contributed by atoms with Crippen molar-refractivity contribution < 1.29 is 5.11 Å². The summed E-state index contributed by atoms with van der Waals surface area (Å²) in [4.78, 5) is 0. The molecule has 1 saturated heterocycles. The zero-order chi connectivity index (χ0) is 4.41. The monoisotopic (exact) mass is 87.1 g/mol. The Morgan fingerprint density at radius 3 is 2.67 bits per heavy atom. The number of aliphatic hydroxyl groups excluding tert-OH is 1. The zero-order valence-corrected chi connectivity index (χ0v) is 3.65. The van der Waals surface area contributed by atoms with Crippen molar-refractivity contribution in [2.45, 2.75) is 19.1 Å². The lowest BCUT2D eigenvalue weighted by molar-refractivity contribution is 0.160. The van der Waals surface area contributed by atoms with Gasteiger partial charge in [0.05, 0.1) is 0 Å². The van der Waals surface area contributed by atoms with E-state index in [1.54, 1.807) is 0 Å². The van der Waals surface area contributed by atoms with Gasteiger partial charge in [0, 0.05) is 0 Å². The van der Waals surface area contributed by atoms with Gasteiger partial charge in [-0.25, -0.2) is 0 Å². The van der Waals surface area contributed by atoms with Gasteiger partial charge in [-0.3, -0.25) is 5.32 Å². The first kappa shape index (κ1) is 4.09. The fourth-order valence-corrected chi connectivity index (χ4v) is 0.666. The fraction of sp³-hybridized carbons (Fsp3) is 1.00. The van der Waals surface area contributed by atoms with Crippen LogP contribution in [0.4, 0.5) is 0 Å². The molecule has 0 amide bonds. The van der Waals surface area contributed by atoms with Crippen LogP contribution in [0.1, 0.15) is 12.8 Å². The molecule has 1 aliphatic heterocycles. The number of hydrogen-bond donors (Lipinski definition) is 2. The highest BCUT2D eigenvalue weighted by molar-refractivity contribution is 4.61. The number of hydrogen-bond acceptors (Lipinski definition) is 2. The maximum Gasteiger partial charge on any atom is 0.104 e. The van der Waals surface area contributed by atoms with E-state index in [4.69, 9.17) is 5.11 Å². The van der Waals surface area contributed by atoms with Crippen LogP contribution in [0, 0.1) is 0 Å². The van der Waals surface area contributed by atoms with Crippen molar-refractivity contribution in [3.8, 4) is 0 Å². The van der Waals surface area contributed by atoms with Gasteiger partial charge in [-0.2, -0.15) is 0 Å². The normalized spacial score (nSPS) is 34.5. The zero-order valence-electron chi connectivity index (χ0n) is 3.65. The molecule has 0 bridgehead atoms. The Kier molecular flexibility index (Phi) is 1.08. The first-order valence-corrected chi connectivity index (χ1v) is 2.31. The summed E-state index contributed by atoms with van der Waals surface area (Å²) in [5.41, 5.74) is 0. The van der Waals surface area contributed by atoms with Gasteiger partial charge in [0.2, 0.25) is 0 Å². The predicted octanol–water partition coefficient (Wildman–Crippen LogP) is -0.312. The van der Waals surface area contributed by atoms with Gasteiger partial charge < -0.3 is 5.11 Å². The highest BCUT2D eigenvalue weighted by atomic mass is 16.3. The molecular weight excluding hydrogens is 78.0 g/mol. The summed E-state index contributed by atoms with van der Waals surface area (Å²) in [5.74, 6) is 0. The van der Waals surface area contributed by atoms with Crippen LogP contribution in [-0.4, -0.2) is 17.9 Å². The van der Waals surface area contributed by atoms with Crippen LogP contribution in [0.2, 0.25) is 0 Å². The molecule has 0 saturated carbocycles. The lowest BCUT2D eigenvalue weighted by Gasteiger charge is -1.94. The fourth-order valence-electron chi connectivity index (χ4n) is 0.666. The molecule has 0 aliphatic carbocycles. The quantitative estimate of drug-likeness (QED) is 0.424. The first-order valence-electron chi connectivity index (χ1n) is 2.31. The summed E-state index contributed by atoms with van der Waals surface area (Å²) in [6.45, 7) is 0.987. The molecule has 2 heteroatoms. The first-order chi connectivity index (χ1) is 2.89. The van der Waals surface area contributed by atoms with E-state index in [1.807, 2.05) is 0 Å². The molecule has 0 unspecified atom stereocenters. The summed E-state index contributed by atoms with van der Waals surface area (Å²) in [6, 6.07) is 0. The largest absolute Gasteiger partial charge is 0.379 e. The summed E-state index contributed by atoms with van der Waals surface area (Å²) < 4.78 is 0. The van der Waals surface area contributed by atoms with Gasteiger partial charge in [0.15, 0.2) is 0 Å². The van der Waals surface area contributed by atoms with Gasteiger partial charge in [0.25, 0.3) is 0 Å². The van der Waals surface area contributed by atoms with Crippen LogP contribution >= 0.6 is 0 Å². The van der Waals surface area contributed by atoms with Crippen LogP contribution in [-0.2, 0) is 0 Å². The second kappa shape index (κ2) is 1.58. The van der Waals surface area contributed by atoms with Crippen LogP contribution < -0.4 is 5.32 Å². The molecule has 1 atom stereocenters. The third kappa shape index (κ3) is 0.698. The molecule has 1 aliphatic rings. The average molecular weight is 87.1 g/mol. The Morgan fingerprint density at radius 2 is 2.50 bits per heavy atom. The van der Waals surface area contributed by atoms with Crippen LogP contribution in [0.5, 0.6) is 0 Å². The van der Waals surface area contributed by atoms with E-state index in [0.717, 1.165) is 19.4 Å². The SMILES string of the molecule is O[C@H]1CCCN1. The van der Waals surface area contributed by atoms with Crippen molar-refractivity contribution in [3.05, 3.63) is 0 Å². The van der Waals surface area contributed by atoms with Crippen LogP contribution in [0.3, 0.4) is 0 Å². The summed E-state index contributed by atoms with van der Waals surface area (Å²) >= 11 is 0. The van der Waals surface area contributed by atoms with Gasteiger partial charge in [-0.05, 0) is 19.4 Å². The Bertz CT molecular complexity index is 40.8. The molecule has 0 aromatic heterocycles. The summed E-state index contributed by atoms with van der Waals surface area (Å²) in [6.07, 6.45) is 1.85. The molecule has 36 valence electrons. The highest BCUT2D eigenvalue weighted by Gasteiger charge is 2.07. The van der Waals surface area contributed by atoms with E-state index < -0.39 is 0 Å². The molecule has 0 aromatic carbocycles. The summed E-state index contributed by atoms with van der Waals surface area (Å²) in [7, 11) is 0. The molecule has 0 spiro atoms. The third-order valence-electron chi connectivity index (χ3n) is 1.03. The van der Waals surface area contributed by atoms with E-state index in [2.05, 4.69) is 5.32 Å². The molecular formula is C4H9NO. The number of aliphatic hydroxyl groups is 1. The molecule has 2 N–H and O–H groups in total. The Hall–Kier alpha value is -0.0800. The van der Waals surface area contributed by atoms with Crippen LogP contribution in [0.15, 0.2) is 0 Å². The standard InChI is InChI=1S/C4H9NO/c6-4-2-1-3-5-4/h4-6H,1-3H2/t4-/m0/s1. The molecule has 0 radical (unpaired) electrons. The van der Waals surface area contributed by atoms with Gasteiger partial charge in [-0.15, -0.1) is 0 Å². The van der Waals surface area contributed by atoms with Crippen molar-refractivity contribution in [2.75, 3.05) is 6.54 Å². The maximum absolute atomic E-state index is 8.62. The highest BCUT2D eigenvalue weighted by Crippen LogP contribution is 1.98. The van der Waals surface area contributed by atoms with Crippen molar-refractivity contribution in [2.24, 2.45) is 0 Å². The van der Waals surface area contributed by atoms with E-state index in [0.29, 0.717) is 0 Å². The molecule has 0 aromatic rings. The van der Waals surface area contributed by atoms with E-state index in [1.165, 1.54) is 0 Å². The van der Waals surface area contributed by atoms with Gasteiger partial charge in [0.1, 0.15) is 6.23 Å². The lowest BCUT2D eigenvalue weighted by atomic mass is 10.4. The smallest absolute Gasteiger partial charge is 0.104 e. The second-order valence-electron chi connectivity index (χ2n) is 1.61. The summed E-state index contributed by atoms with van der Waals surface area (Å²) in [5, 5.41) is 11.5. The molecule has 2 nitrogen and oxygen atoms in total. The van der Waals surface area contributed by atoms with Crippen LogP contribution in [0.25, 0.3) is 0 Å². The van der Waals surface area contributed by atoms with E-state index in [-0.39, 0.29) is 6.23 Å². The average Bonchev–Trinajstić information content (AvgIpc) is 1.86. The van der Waals surface area contributed by atoms with E-state index in [9.17, 15) is 0 Å². The van der Waals surface area contributed by atoms with E-state index >= 15 is 0 Å². The molecule has 1 heterocycles. The minimum absolute atomic E-state index is 0.204. The van der Waals surface area contributed by atoms with Gasteiger partial charge in [-0.1, -0.05) is 0 Å². The van der Waals surface area contributed by atoms with Crippen molar-refractivity contribution in [3.63, 3.8) is 0 Å². The van der Waals surface area contributed by atoms with Crippen molar-refractivity contribution in [1.29, 1.82) is 0 Å². The van der Waals surface area contributed by atoms with Gasteiger partial charge >= 0.3 is 0 Å². The maximum atomic E-state index is 8.62. The Balaban J connectivity index is 2.18. The molecule has 1 fully saturated rings. The Morgan fingerprint density at radius 1 is 1.67 bits per heavy atom. The minimum Gasteiger partial charge on any atom is -0.379 e. The second-order valence-corrected chi connectivity index (χ2v) is 1.61. The predicted molar refractivity (Wildman–Crippen MR) is 23.2 cm³/mol. The number of nitrogens with one attached hydrogen (secondary N) is 1. The minimum atomic E-state index is -0.204. The third-order valence-corrected chi connectivity index (χ3v) is 1.03. The lowest BCUT2D eigenvalue weighted by Crippen LogP contribution is -2.19. The Labute approximate surface area is 37.2 Å². The van der Waals surface area contributed by atoms with Crippen molar-refractivity contribution >= 4 is 0 Å². The topological polar surface area (TPSA) is 32.3 Å².